The summed E-state index contributed by atoms with van der Waals surface area (Å²) in [6.07, 6.45) is 0.998. The van der Waals surface area contributed by atoms with Crippen molar-refractivity contribution in [2.24, 2.45) is 5.73 Å². The third-order valence-corrected chi connectivity index (χ3v) is 4.80. The van der Waals surface area contributed by atoms with Gasteiger partial charge < -0.3 is 15.2 Å². The topological polar surface area (TPSA) is 47.7 Å². The van der Waals surface area contributed by atoms with Crippen molar-refractivity contribution in [2.75, 3.05) is 27.3 Å². The van der Waals surface area contributed by atoms with Gasteiger partial charge in [-0.2, -0.15) is 0 Å². The molecule has 1 aliphatic heterocycles. The lowest BCUT2D eigenvalue weighted by Gasteiger charge is -2.37. The molecule has 4 heteroatoms. The SMILES string of the molecule is COc1cc2c(cc1OC)C(CN)N(Cc1cccc(C)c1)CC2. The van der Waals surface area contributed by atoms with E-state index in [1.165, 1.54) is 22.3 Å². The number of hydrogen-bond acceptors (Lipinski definition) is 4. The Morgan fingerprint density at radius 3 is 2.54 bits per heavy atom. The van der Waals surface area contributed by atoms with Crippen LogP contribution in [0.4, 0.5) is 0 Å². The molecule has 1 heterocycles. The largest absolute Gasteiger partial charge is 0.493 e. The highest BCUT2D eigenvalue weighted by Crippen LogP contribution is 2.38. The molecular formula is C20H26N2O2. The fourth-order valence-electron chi connectivity index (χ4n) is 3.59. The molecular weight excluding hydrogens is 300 g/mol. The number of nitrogens with zero attached hydrogens (tertiary/aromatic N) is 1. The molecule has 1 unspecified atom stereocenters. The summed E-state index contributed by atoms with van der Waals surface area (Å²) in [5.41, 5.74) is 11.3. The van der Waals surface area contributed by atoms with E-state index in [4.69, 9.17) is 15.2 Å². The number of hydrogen-bond donors (Lipinski definition) is 1. The summed E-state index contributed by atoms with van der Waals surface area (Å²) in [6, 6.07) is 13.1. The van der Waals surface area contributed by atoms with Crippen molar-refractivity contribution in [1.82, 2.24) is 4.90 Å². The lowest BCUT2D eigenvalue weighted by molar-refractivity contribution is 0.180. The highest BCUT2D eigenvalue weighted by atomic mass is 16.5. The van der Waals surface area contributed by atoms with E-state index >= 15 is 0 Å². The van der Waals surface area contributed by atoms with Gasteiger partial charge in [0.25, 0.3) is 0 Å². The minimum atomic E-state index is 0.203. The van der Waals surface area contributed by atoms with Gasteiger partial charge in [0.1, 0.15) is 0 Å². The van der Waals surface area contributed by atoms with E-state index in [9.17, 15) is 0 Å². The fourth-order valence-corrected chi connectivity index (χ4v) is 3.59. The van der Waals surface area contributed by atoms with Gasteiger partial charge in [0.15, 0.2) is 11.5 Å². The number of ether oxygens (including phenoxy) is 2. The molecule has 0 bridgehead atoms. The Morgan fingerprint density at radius 2 is 1.88 bits per heavy atom. The molecule has 2 aromatic rings. The second kappa shape index (κ2) is 7.24. The first-order valence-electron chi connectivity index (χ1n) is 8.40. The standard InChI is InChI=1S/C20H26N2O2/c1-14-5-4-6-15(9-14)13-22-8-7-16-10-19(23-2)20(24-3)11-17(16)18(22)12-21/h4-6,9-11,18H,7-8,12-13,21H2,1-3H3. The first kappa shape index (κ1) is 16.8. The minimum absolute atomic E-state index is 0.203. The predicted octanol–water partition coefficient (Wildman–Crippen LogP) is 3.07. The van der Waals surface area contributed by atoms with Crippen LogP contribution in [0.1, 0.15) is 28.3 Å². The smallest absolute Gasteiger partial charge is 0.161 e. The van der Waals surface area contributed by atoms with Crippen LogP contribution in [0.2, 0.25) is 0 Å². The lowest BCUT2D eigenvalue weighted by atomic mass is 9.91. The van der Waals surface area contributed by atoms with E-state index in [1.54, 1.807) is 14.2 Å². The number of rotatable bonds is 5. The molecule has 1 atom stereocenters. The van der Waals surface area contributed by atoms with Crippen molar-refractivity contribution in [3.05, 3.63) is 58.7 Å². The predicted molar refractivity (Wildman–Crippen MR) is 96.6 cm³/mol. The molecule has 0 saturated carbocycles. The second-order valence-electron chi connectivity index (χ2n) is 6.37. The van der Waals surface area contributed by atoms with Gasteiger partial charge in [-0.15, -0.1) is 0 Å². The van der Waals surface area contributed by atoms with Crippen LogP contribution < -0.4 is 15.2 Å². The van der Waals surface area contributed by atoms with Gasteiger partial charge in [0.2, 0.25) is 0 Å². The van der Waals surface area contributed by atoms with Crippen LogP contribution in [0.5, 0.6) is 11.5 Å². The lowest BCUT2D eigenvalue weighted by Crippen LogP contribution is -2.38. The Labute approximate surface area is 144 Å². The maximum atomic E-state index is 6.14. The third kappa shape index (κ3) is 3.25. The van der Waals surface area contributed by atoms with Crippen molar-refractivity contribution in [2.45, 2.75) is 25.9 Å². The zero-order valence-electron chi connectivity index (χ0n) is 14.7. The highest BCUT2D eigenvalue weighted by Gasteiger charge is 2.28. The number of benzene rings is 2. The van der Waals surface area contributed by atoms with Crippen molar-refractivity contribution in [3.63, 3.8) is 0 Å². The number of aryl methyl sites for hydroxylation is 1. The number of nitrogens with two attached hydrogens (primary N) is 1. The average molecular weight is 326 g/mol. The molecule has 3 rings (SSSR count). The third-order valence-electron chi connectivity index (χ3n) is 4.80. The average Bonchev–Trinajstić information content (AvgIpc) is 2.60. The van der Waals surface area contributed by atoms with Crippen molar-refractivity contribution in [3.8, 4) is 11.5 Å². The molecule has 0 fully saturated rings. The molecule has 0 aliphatic carbocycles. The summed E-state index contributed by atoms with van der Waals surface area (Å²) in [4.78, 5) is 2.46. The van der Waals surface area contributed by atoms with Crippen molar-refractivity contribution >= 4 is 0 Å². The van der Waals surface area contributed by atoms with Gasteiger partial charge in [0.05, 0.1) is 14.2 Å². The van der Waals surface area contributed by atoms with E-state index in [-0.39, 0.29) is 6.04 Å². The Kier molecular flexibility index (Phi) is 5.07. The van der Waals surface area contributed by atoms with Gasteiger partial charge in [0, 0.05) is 25.7 Å². The quantitative estimate of drug-likeness (QED) is 0.917. The molecule has 1 aliphatic rings. The van der Waals surface area contributed by atoms with E-state index in [1.807, 2.05) is 0 Å². The second-order valence-corrected chi connectivity index (χ2v) is 6.37. The first-order valence-corrected chi connectivity index (χ1v) is 8.40. The fraction of sp³-hybridized carbons (Fsp3) is 0.400. The van der Waals surface area contributed by atoms with Crippen molar-refractivity contribution < 1.29 is 9.47 Å². The monoisotopic (exact) mass is 326 g/mol. The summed E-state index contributed by atoms with van der Waals surface area (Å²) < 4.78 is 10.9. The number of fused-ring (bicyclic) bond motifs is 1. The maximum absolute atomic E-state index is 6.14. The van der Waals surface area contributed by atoms with Gasteiger partial charge in [-0.1, -0.05) is 29.8 Å². The van der Waals surface area contributed by atoms with Crippen LogP contribution in [0.25, 0.3) is 0 Å². The Hall–Kier alpha value is -2.04. The molecule has 24 heavy (non-hydrogen) atoms. The van der Waals surface area contributed by atoms with Crippen LogP contribution in [0, 0.1) is 6.92 Å². The van der Waals surface area contributed by atoms with Crippen LogP contribution in [-0.4, -0.2) is 32.2 Å². The number of methoxy groups -OCH3 is 2. The molecule has 0 aromatic heterocycles. The normalized spacial score (nSPS) is 17.4. The molecule has 0 radical (unpaired) electrons. The van der Waals surface area contributed by atoms with Crippen LogP contribution in [0.15, 0.2) is 36.4 Å². The van der Waals surface area contributed by atoms with E-state index < -0.39 is 0 Å². The maximum Gasteiger partial charge on any atom is 0.161 e. The van der Waals surface area contributed by atoms with Crippen molar-refractivity contribution in [1.29, 1.82) is 0 Å². The van der Waals surface area contributed by atoms with E-state index in [2.05, 4.69) is 48.2 Å². The van der Waals surface area contributed by atoms with Crippen LogP contribution in [0.3, 0.4) is 0 Å². The summed E-state index contributed by atoms with van der Waals surface area (Å²) in [7, 11) is 3.35. The minimum Gasteiger partial charge on any atom is -0.493 e. The van der Waals surface area contributed by atoms with Gasteiger partial charge >= 0.3 is 0 Å². The van der Waals surface area contributed by atoms with Gasteiger partial charge in [-0.25, -0.2) is 0 Å². The zero-order chi connectivity index (χ0) is 17.1. The van der Waals surface area contributed by atoms with Gasteiger partial charge in [-0.05, 0) is 42.2 Å². The summed E-state index contributed by atoms with van der Waals surface area (Å²) >= 11 is 0. The molecule has 128 valence electrons. The van der Waals surface area contributed by atoms with E-state index in [0.717, 1.165) is 31.0 Å². The van der Waals surface area contributed by atoms with Gasteiger partial charge in [-0.3, -0.25) is 4.90 Å². The molecule has 0 amide bonds. The first-order chi connectivity index (χ1) is 11.7. The van der Waals surface area contributed by atoms with E-state index in [0.29, 0.717) is 6.54 Å². The summed E-state index contributed by atoms with van der Waals surface area (Å²) in [5, 5.41) is 0. The molecule has 0 saturated heterocycles. The summed E-state index contributed by atoms with van der Waals surface area (Å²) in [6.45, 7) is 4.64. The molecule has 4 nitrogen and oxygen atoms in total. The highest BCUT2D eigenvalue weighted by molar-refractivity contribution is 5.49. The Balaban J connectivity index is 1.91. The molecule has 0 spiro atoms. The Bertz CT molecular complexity index is 715. The Morgan fingerprint density at radius 1 is 1.12 bits per heavy atom. The zero-order valence-corrected chi connectivity index (χ0v) is 14.7. The molecule has 2 aromatic carbocycles. The van der Waals surface area contributed by atoms with Crippen LogP contribution >= 0.6 is 0 Å². The van der Waals surface area contributed by atoms with Crippen LogP contribution in [-0.2, 0) is 13.0 Å². The summed E-state index contributed by atoms with van der Waals surface area (Å²) in [5.74, 6) is 1.56. The molecule has 2 N–H and O–H groups in total.